The lowest BCUT2D eigenvalue weighted by atomic mass is 10.1. The molecule has 0 aliphatic carbocycles. The molecule has 0 amide bonds. The number of hydrogen-bond acceptors (Lipinski definition) is 9. The zero-order valence-corrected chi connectivity index (χ0v) is 38.4. The summed E-state index contributed by atoms with van der Waals surface area (Å²) in [5.74, 6) is -0.953. The van der Waals surface area contributed by atoms with Crippen molar-refractivity contribution in [2.75, 3.05) is 26.4 Å². The van der Waals surface area contributed by atoms with Gasteiger partial charge < -0.3 is 24.6 Å². The van der Waals surface area contributed by atoms with Crippen LogP contribution in [-0.2, 0) is 32.7 Å². The van der Waals surface area contributed by atoms with E-state index in [-0.39, 0.29) is 19.4 Å². The highest BCUT2D eigenvalue weighted by molar-refractivity contribution is 7.47. The minimum Gasteiger partial charge on any atom is -0.462 e. The van der Waals surface area contributed by atoms with Gasteiger partial charge >= 0.3 is 19.8 Å². The summed E-state index contributed by atoms with van der Waals surface area (Å²) in [5, 5.41) is 18.4. The fourth-order valence-electron chi connectivity index (χ4n) is 6.29. The van der Waals surface area contributed by atoms with Crippen LogP contribution in [0.15, 0.2) is 48.6 Å². The number of ether oxygens (including phenoxy) is 2. The van der Waals surface area contributed by atoms with Gasteiger partial charge in [0.15, 0.2) is 6.10 Å². The number of unbranched alkanes of at least 4 members (excludes halogenated alkanes) is 22. The topological polar surface area (TPSA) is 149 Å². The first-order valence-electron chi connectivity index (χ1n) is 23.6. The Bertz CT molecular complexity index is 1120. The van der Waals surface area contributed by atoms with Gasteiger partial charge in [-0.1, -0.05) is 165 Å². The monoisotopic (exact) mass is 855 g/mol. The Hall–Kier alpha value is -2.07. The summed E-state index contributed by atoms with van der Waals surface area (Å²) in [6.07, 6.45) is 47.8. The number of esters is 2. The lowest BCUT2D eigenvalue weighted by Gasteiger charge is -2.20. The number of aliphatic hydroxyl groups excluding tert-OH is 2. The van der Waals surface area contributed by atoms with E-state index in [0.29, 0.717) is 12.8 Å². The number of carbonyl (C=O) groups excluding carboxylic acids is 2. The number of phosphoric ester groups is 1. The predicted molar refractivity (Wildman–Crippen MR) is 242 cm³/mol. The molecule has 0 aromatic heterocycles. The number of phosphoric acid groups is 1. The quantitative estimate of drug-likeness (QED) is 0.0234. The van der Waals surface area contributed by atoms with Crippen LogP contribution < -0.4 is 0 Å². The van der Waals surface area contributed by atoms with E-state index in [4.69, 9.17) is 23.6 Å². The van der Waals surface area contributed by atoms with E-state index >= 15 is 0 Å². The Balaban J connectivity index is 4.29. The van der Waals surface area contributed by atoms with Crippen LogP contribution in [0.1, 0.15) is 206 Å². The Morgan fingerprint density at radius 2 is 0.881 bits per heavy atom. The van der Waals surface area contributed by atoms with Gasteiger partial charge in [-0.05, 0) is 77.0 Å². The lowest BCUT2D eigenvalue weighted by Crippen LogP contribution is -2.29. The number of aliphatic hydroxyl groups is 2. The molecule has 0 bridgehead atoms. The molecule has 0 saturated heterocycles. The van der Waals surface area contributed by atoms with Crippen molar-refractivity contribution in [1.29, 1.82) is 0 Å². The Morgan fingerprint density at radius 1 is 0.508 bits per heavy atom. The summed E-state index contributed by atoms with van der Waals surface area (Å²) >= 11 is 0. The average Bonchev–Trinajstić information content (AvgIpc) is 3.22. The summed E-state index contributed by atoms with van der Waals surface area (Å²) in [6, 6.07) is 0. The molecule has 0 aromatic rings. The molecule has 3 N–H and O–H groups in total. The van der Waals surface area contributed by atoms with Gasteiger partial charge in [0.2, 0.25) is 0 Å². The molecule has 0 rings (SSSR count). The molecule has 0 fully saturated rings. The van der Waals surface area contributed by atoms with Gasteiger partial charge in [-0.25, -0.2) is 4.57 Å². The van der Waals surface area contributed by atoms with Crippen LogP contribution in [0.4, 0.5) is 0 Å². The molecule has 1 unspecified atom stereocenters. The fourth-order valence-corrected chi connectivity index (χ4v) is 7.08. The van der Waals surface area contributed by atoms with E-state index in [0.717, 1.165) is 64.2 Å². The molecule has 0 saturated carbocycles. The first kappa shape index (κ1) is 56.9. The first-order valence-corrected chi connectivity index (χ1v) is 25.1. The van der Waals surface area contributed by atoms with E-state index in [1.54, 1.807) is 0 Å². The molecule has 0 aliphatic rings. The summed E-state index contributed by atoms with van der Waals surface area (Å²) in [6.45, 7) is 2.34. The SMILES string of the molecule is CCCCC/C=C\C/C=C\C/C=C\CCCCCCC(=O)OC[C@H](COP(=O)(O)OC[C@@H](O)CO)OC(=O)CCCCCCCCC/C=C\CCCCCCCCCC. The molecular weight excluding hydrogens is 767 g/mol. The molecule has 0 heterocycles. The van der Waals surface area contributed by atoms with Crippen molar-refractivity contribution in [3.05, 3.63) is 48.6 Å². The summed E-state index contributed by atoms with van der Waals surface area (Å²) in [5.41, 5.74) is 0. The molecule has 0 spiro atoms. The van der Waals surface area contributed by atoms with Crippen LogP contribution >= 0.6 is 7.82 Å². The summed E-state index contributed by atoms with van der Waals surface area (Å²) in [4.78, 5) is 35.1. The van der Waals surface area contributed by atoms with Crippen molar-refractivity contribution in [3.63, 3.8) is 0 Å². The Labute approximate surface area is 360 Å². The molecular formula is C48H87O10P. The Kier molecular flexibility index (Phi) is 42.5. The third kappa shape index (κ3) is 43.8. The van der Waals surface area contributed by atoms with Gasteiger partial charge in [-0.2, -0.15) is 0 Å². The number of carbonyl (C=O) groups is 2. The van der Waals surface area contributed by atoms with Crippen molar-refractivity contribution in [2.24, 2.45) is 0 Å². The van der Waals surface area contributed by atoms with Crippen LogP contribution in [0.25, 0.3) is 0 Å². The maximum Gasteiger partial charge on any atom is 0.472 e. The third-order valence-corrected chi connectivity index (χ3v) is 10.9. The third-order valence-electron chi connectivity index (χ3n) is 9.96. The maximum absolute atomic E-state index is 12.6. The molecule has 344 valence electrons. The minimum atomic E-state index is -4.63. The zero-order valence-electron chi connectivity index (χ0n) is 37.5. The summed E-state index contributed by atoms with van der Waals surface area (Å²) in [7, 11) is -4.63. The first-order chi connectivity index (χ1) is 28.7. The highest BCUT2D eigenvalue weighted by Crippen LogP contribution is 2.43. The second-order valence-electron chi connectivity index (χ2n) is 15.8. The lowest BCUT2D eigenvalue weighted by molar-refractivity contribution is -0.161. The van der Waals surface area contributed by atoms with Gasteiger partial charge in [-0.15, -0.1) is 0 Å². The normalized spacial score (nSPS) is 14.2. The number of hydrogen-bond donors (Lipinski definition) is 3. The molecule has 0 aliphatic heterocycles. The molecule has 0 aromatic carbocycles. The second-order valence-corrected chi connectivity index (χ2v) is 17.2. The average molecular weight is 855 g/mol. The van der Waals surface area contributed by atoms with Gasteiger partial charge in [0, 0.05) is 12.8 Å². The van der Waals surface area contributed by atoms with E-state index in [1.165, 1.54) is 103 Å². The molecule has 3 atom stereocenters. The van der Waals surface area contributed by atoms with Crippen LogP contribution in [0, 0.1) is 0 Å². The van der Waals surface area contributed by atoms with Crippen molar-refractivity contribution >= 4 is 19.8 Å². The van der Waals surface area contributed by atoms with E-state index in [2.05, 4.69) is 62.5 Å². The second kappa shape index (κ2) is 44.0. The van der Waals surface area contributed by atoms with Gasteiger partial charge in [0.25, 0.3) is 0 Å². The molecule has 11 heteroatoms. The predicted octanol–water partition coefficient (Wildman–Crippen LogP) is 12.9. The summed E-state index contributed by atoms with van der Waals surface area (Å²) < 4.78 is 32.8. The standard InChI is InChI=1S/C48H87O10P/c1-3-5-7-9-11-13-15-17-19-21-22-24-26-28-30-32-34-36-38-40-48(52)58-46(44-57-59(53,54)56-42-45(50)41-49)43-55-47(51)39-37-35-33-31-29-27-25-23-20-18-16-14-12-10-8-6-4-2/h12,14,18,20-22,25,27,45-46,49-50H,3-11,13,15-17,19,23-24,26,28-44H2,1-2H3,(H,53,54)/b14-12-,20-18-,22-21-,27-25-/t45-,46+/m0/s1. The van der Waals surface area contributed by atoms with Crippen LogP contribution in [0.3, 0.4) is 0 Å². The highest BCUT2D eigenvalue weighted by atomic mass is 31.2. The largest absolute Gasteiger partial charge is 0.472 e. The van der Waals surface area contributed by atoms with Gasteiger partial charge in [0.1, 0.15) is 12.7 Å². The number of allylic oxidation sites excluding steroid dienone is 8. The van der Waals surface area contributed by atoms with E-state index in [1.807, 2.05) is 0 Å². The van der Waals surface area contributed by atoms with Crippen LogP contribution in [0.2, 0.25) is 0 Å². The van der Waals surface area contributed by atoms with Gasteiger partial charge in [0.05, 0.1) is 19.8 Å². The fraction of sp³-hybridized carbons (Fsp3) is 0.792. The van der Waals surface area contributed by atoms with Crippen molar-refractivity contribution in [1.82, 2.24) is 0 Å². The van der Waals surface area contributed by atoms with Crippen LogP contribution in [0.5, 0.6) is 0 Å². The maximum atomic E-state index is 12.6. The molecule has 10 nitrogen and oxygen atoms in total. The molecule has 59 heavy (non-hydrogen) atoms. The van der Waals surface area contributed by atoms with Gasteiger partial charge in [-0.3, -0.25) is 18.6 Å². The highest BCUT2D eigenvalue weighted by Gasteiger charge is 2.27. The van der Waals surface area contributed by atoms with Crippen molar-refractivity contribution < 1.29 is 47.8 Å². The Morgan fingerprint density at radius 3 is 1.37 bits per heavy atom. The van der Waals surface area contributed by atoms with Crippen molar-refractivity contribution in [2.45, 2.75) is 219 Å². The minimum absolute atomic E-state index is 0.173. The van der Waals surface area contributed by atoms with E-state index < -0.39 is 51.8 Å². The smallest absolute Gasteiger partial charge is 0.462 e. The zero-order chi connectivity index (χ0) is 43.3. The van der Waals surface area contributed by atoms with Crippen LogP contribution in [-0.4, -0.2) is 65.7 Å². The van der Waals surface area contributed by atoms with E-state index in [9.17, 15) is 24.2 Å². The van der Waals surface area contributed by atoms with Crippen molar-refractivity contribution in [3.8, 4) is 0 Å². The molecule has 0 radical (unpaired) electrons. The number of rotatable bonds is 44.